The van der Waals surface area contributed by atoms with Crippen molar-refractivity contribution >= 4 is 38.9 Å². The highest BCUT2D eigenvalue weighted by Gasteiger charge is 2.38. The first kappa shape index (κ1) is 15.9. The second-order valence-corrected chi connectivity index (χ2v) is 9.97. The standard InChI is InChI=1S/C16H24BrClS/c1-15(2,3)12-6-8-16(11-18,9-7-12)10-13-4-5-14(17)19-13/h4-5,12H,6-11H2,1-3H3. The highest BCUT2D eigenvalue weighted by Crippen LogP contribution is 2.48. The third-order valence-electron chi connectivity index (χ3n) is 4.73. The Labute approximate surface area is 135 Å². The molecule has 0 aliphatic heterocycles. The number of rotatable bonds is 3. The molecule has 0 N–H and O–H groups in total. The molecular formula is C16H24BrClS. The summed E-state index contributed by atoms with van der Waals surface area (Å²) in [5.74, 6) is 1.67. The van der Waals surface area contributed by atoms with Crippen molar-refractivity contribution in [1.29, 1.82) is 0 Å². The molecule has 1 aromatic heterocycles. The summed E-state index contributed by atoms with van der Waals surface area (Å²) in [4.78, 5) is 1.47. The van der Waals surface area contributed by atoms with Crippen molar-refractivity contribution < 1.29 is 0 Å². The lowest BCUT2D eigenvalue weighted by atomic mass is 9.63. The zero-order valence-electron chi connectivity index (χ0n) is 12.1. The van der Waals surface area contributed by atoms with Gasteiger partial charge >= 0.3 is 0 Å². The number of hydrogen-bond donors (Lipinski definition) is 0. The average molecular weight is 364 g/mol. The lowest BCUT2D eigenvalue weighted by Gasteiger charge is -2.43. The monoisotopic (exact) mass is 362 g/mol. The molecule has 0 nitrogen and oxygen atoms in total. The van der Waals surface area contributed by atoms with Crippen LogP contribution in [0.25, 0.3) is 0 Å². The lowest BCUT2D eigenvalue weighted by molar-refractivity contribution is 0.102. The van der Waals surface area contributed by atoms with Crippen LogP contribution >= 0.6 is 38.9 Å². The Kier molecular flexibility index (Phi) is 5.07. The maximum absolute atomic E-state index is 6.35. The maximum atomic E-state index is 6.35. The topological polar surface area (TPSA) is 0 Å². The van der Waals surface area contributed by atoms with Crippen molar-refractivity contribution in [2.75, 3.05) is 5.88 Å². The number of alkyl halides is 1. The van der Waals surface area contributed by atoms with Crippen LogP contribution in [0.1, 0.15) is 51.3 Å². The van der Waals surface area contributed by atoms with Crippen LogP contribution in [0.4, 0.5) is 0 Å². The summed E-state index contributed by atoms with van der Waals surface area (Å²) in [6.45, 7) is 7.13. The molecule has 1 saturated carbocycles. The van der Waals surface area contributed by atoms with Crippen LogP contribution in [0.15, 0.2) is 15.9 Å². The zero-order chi connectivity index (χ0) is 14.1. The second-order valence-electron chi connectivity index (χ2n) is 7.16. The van der Waals surface area contributed by atoms with E-state index in [4.69, 9.17) is 11.6 Å². The van der Waals surface area contributed by atoms with Crippen molar-refractivity contribution in [2.24, 2.45) is 16.7 Å². The Morgan fingerprint density at radius 1 is 1.32 bits per heavy atom. The second kappa shape index (κ2) is 6.07. The first-order valence-electron chi connectivity index (χ1n) is 7.15. The lowest BCUT2D eigenvalue weighted by Crippen LogP contribution is -2.35. The molecule has 1 aliphatic carbocycles. The van der Waals surface area contributed by atoms with Crippen LogP contribution in [-0.2, 0) is 6.42 Å². The first-order valence-corrected chi connectivity index (χ1v) is 9.29. The van der Waals surface area contributed by atoms with Crippen LogP contribution in [0.3, 0.4) is 0 Å². The van der Waals surface area contributed by atoms with Gasteiger partial charge in [0.2, 0.25) is 0 Å². The predicted molar refractivity (Wildman–Crippen MR) is 90.3 cm³/mol. The van der Waals surface area contributed by atoms with E-state index in [1.54, 1.807) is 0 Å². The molecule has 0 aromatic carbocycles. The maximum Gasteiger partial charge on any atom is 0.0701 e. The van der Waals surface area contributed by atoms with Gasteiger partial charge in [0.15, 0.2) is 0 Å². The summed E-state index contributed by atoms with van der Waals surface area (Å²) in [6, 6.07) is 4.40. The average Bonchev–Trinajstić information content (AvgIpc) is 2.74. The summed E-state index contributed by atoms with van der Waals surface area (Å²) in [5.41, 5.74) is 0.790. The van der Waals surface area contributed by atoms with E-state index in [0.29, 0.717) is 10.8 Å². The highest BCUT2D eigenvalue weighted by molar-refractivity contribution is 9.11. The van der Waals surface area contributed by atoms with Gasteiger partial charge in [-0.3, -0.25) is 0 Å². The quantitative estimate of drug-likeness (QED) is 0.536. The summed E-state index contributed by atoms with van der Waals surface area (Å²) in [6.07, 6.45) is 6.40. The van der Waals surface area contributed by atoms with Crippen molar-refractivity contribution in [3.8, 4) is 0 Å². The van der Waals surface area contributed by atoms with E-state index in [1.165, 1.54) is 34.3 Å². The van der Waals surface area contributed by atoms with Crippen molar-refractivity contribution in [3.63, 3.8) is 0 Å². The van der Waals surface area contributed by atoms with E-state index in [-0.39, 0.29) is 0 Å². The molecule has 0 unspecified atom stereocenters. The van der Waals surface area contributed by atoms with Crippen LogP contribution in [0, 0.1) is 16.7 Å². The van der Waals surface area contributed by atoms with E-state index < -0.39 is 0 Å². The molecule has 1 heterocycles. The van der Waals surface area contributed by atoms with Crippen molar-refractivity contribution in [1.82, 2.24) is 0 Å². The fourth-order valence-corrected chi connectivity index (χ4v) is 5.29. The summed E-state index contributed by atoms with van der Waals surface area (Å²) in [5, 5.41) is 0. The molecule has 0 amide bonds. The van der Waals surface area contributed by atoms with E-state index in [9.17, 15) is 0 Å². The largest absolute Gasteiger partial charge is 0.133 e. The van der Waals surface area contributed by atoms with Crippen molar-refractivity contribution in [3.05, 3.63) is 20.8 Å². The minimum Gasteiger partial charge on any atom is -0.133 e. The van der Waals surface area contributed by atoms with Gasteiger partial charge in [-0.15, -0.1) is 22.9 Å². The Morgan fingerprint density at radius 3 is 2.37 bits per heavy atom. The molecule has 108 valence electrons. The Bertz CT molecular complexity index is 411. The van der Waals surface area contributed by atoms with Gasteiger partial charge in [0, 0.05) is 10.8 Å². The van der Waals surface area contributed by atoms with E-state index in [1.807, 2.05) is 11.3 Å². The van der Waals surface area contributed by atoms with Gasteiger partial charge in [-0.25, -0.2) is 0 Å². The van der Waals surface area contributed by atoms with Gasteiger partial charge in [-0.2, -0.15) is 0 Å². The molecule has 0 bridgehead atoms. The Balaban J connectivity index is 2.02. The smallest absolute Gasteiger partial charge is 0.0701 e. The Morgan fingerprint density at radius 2 is 1.95 bits per heavy atom. The molecule has 0 spiro atoms. The minimum absolute atomic E-state index is 0.341. The molecule has 19 heavy (non-hydrogen) atoms. The van der Waals surface area contributed by atoms with Gasteiger partial charge in [0.25, 0.3) is 0 Å². The molecule has 1 aromatic rings. The van der Waals surface area contributed by atoms with Gasteiger partial charge < -0.3 is 0 Å². The molecule has 3 heteroatoms. The van der Waals surface area contributed by atoms with Gasteiger partial charge in [-0.05, 0) is 76.9 Å². The molecule has 1 aliphatic rings. The zero-order valence-corrected chi connectivity index (χ0v) is 15.3. The Hall–Kier alpha value is 0.470. The summed E-state index contributed by atoms with van der Waals surface area (Å²) < 4.78 is 1.23. The first-order chi connectivity index (χ1) is 8.85. The summed E-state index contributed by atoms with van der Waals surface area (Å²) in [7, 11) is 0. The van der Waals surface area contributed by atoms with Gasteiger partial charge in [0.05, 0.1) is 3.79 Å². The highest BCUT2D eigenvalue weighted by atomic mass is 79.9. The van der Waals surface area contributed by atoms with Gasteiger partial charge in [-0.1, -0.05) is 20.8 Å². The molecule has 0 radical (unpaired) electrons. The molecule has 2 rings (SSSR count). The number of thiophene rings is 1. The van der Waals surface area contributed by atoms with Crippen LogP contribution < -0.4 is 0 Å². The third kappa shape index (κ3) is 3.98. The van der Waals surface area contributed by atoms with Crippen LogP contribution in [0.5, 0.6) is 0 Å². The molecule has 1 fully saturated rings. The molecular weight excluding hydrogens is 340 g/mol. The predicted octanol–water partition coefficient (Wildman–Crippen LogP) is 6.51. The molecule has 0 atom stereocenters. The van der Waals surface area contributed by atoms with Crippen LogP contribution in [-0.4, -0.2) is 5.88 Å². The minimum atomic E-state index is 0.341. The molecule has 0 saturated heterocycles. The van der Waals surface area contributed by atoms with E-state index in [2.05, 4.69) is 48.8 Å². The SMILES string of the molecule is CC(C)(C)C1CCC(CCl)(Cc2ccc(Br)s2)CC1. The van der Waals surface area contributed by atoms with Gasteiger partial charge in [0.1, 0.15) is 0 Å². The van der Waals surface area contributed by atoms with Crippen LogP contribution in [0.2, 0.25) is 0 Å². The van der Waals surface area contributed by atoms with E-state index in [0.717, 1.165) is 18.2 Å². The normalized spacial score (nSPS) is 28.6. The fourth-order valence-electron chi connectivity index (χ4n) is 3.27. The van der Waals surface area contributed by atoms with E-state index >= 15 is 0 Å². The summed E-state index contributed by atoms with van der Waals surface area (Å²) >= 11 is 11.8. The number of hydrogen-bond acceptors (Lipinski definition) is 1. The van der Waals surface area contributed by atoms with Crippen molar-refractivity contribution in [2.45, 2.75) is 52.9 Å². The third-order valence-corrected chi connectivity index (χ3v) is 6.92. The number of halogens is 2. The fraction of sp³-hybridized carbons (Fsp3) is 0.750.